The second-order valence-electron chi connectivity index (χ2n) is 8.38. The van der Waals surface area contributed by atoms with E-state index in [9.17, 15) is 14.4 Å². The van der Waals surface area contributed by atoms with E-state index in [0.717, 1.165) is 37.9 Å². The number of urea groups is 1. The normalized spacial score (nSPS) is 25.4. The van der Waals surface area contributed by atoms with Gasteiger partial charge in [0.05, 0.1) is 5.69 Å². The zero-order valence-electron chi connectivity index (χ0n) is 14.5. The molecule has 3 fully saturated rings. The molecule has 1 aromatic rings. The summed E-state index contributed by atoms with van der Waals surface area (Å²) in [7, 11) is 0. The van der Waals surface area contributed by atoms with E-state index in [0.29, 0.717) is 5.69 Å². The van der Waals surface area contributed by atoms with Crippen LogP contribution in [0.5, 0.6) is 0 Å². The van der Waals surface area contributed by atoms with Crippen molar-refractivity contribution in [2.24, 2.45) is 5.92 Å². The fourth-order valence-corrected chi connectivity index (χ4v) is 4.11. The summed E-state index contributed by atoms with van der Waals surface area (Å²) >= 11 is 0. The highest BCUT2D eigenvalue weighted by Crippen LogP contribution is 2.57. The molecular formula is C19H21N3O3. The fourth-order valence-electron chi connectivity index (χ4n) is 4.11. The van der Waals surface area contributed by atoms with Gasteiger partial charge < -0.3 is 10.2 Å². The van der Waals surface area contributed by atoms with Gasteiger partial charge in [0.15, 0.2) is 0 Å². The number of hydrogen-bond donors (Lipinski definition) is 1. The van der Waals surface area contributed by atoms with Crippen LogP contribution in [0.2, 0.25) is 0 Å². The third-order valence-electron chi connectivity index (χ3n) is 5.97. The van der Waals surface area contributed by atoms with Crippen LogP contribution in [-0.4, -0.2) is 29.9 Å². The Labute approximate surface area is 146 Å². The monoisotopic (exact) mass is 339 g/mol. The minimum absolute atomic E-state index is 0.106. The number of anilines is 2. The molecule has 2 saturated carbocycles. The second kappa shape index (κ2) is 4.42. The smallest absolute Gasteiger partial charge is 0.323 e. The lowest BCUT2D eigenvalue weighted by Gasteiger charge is -2.20. The lowest BCUT2D eigenvalue weighted by atomic mass is 9.98. The Morgan fingerprint density at radius 2 is 1.92 bits per heavy atom. The number of amides is 4. The average Bonchev–Trinajstić information content (AvgIpc) is 3.44. The minimum Gasteiger partial charge on any atom is -0.323 e. The van der Waals surface area contributed by atoms with Crippen molar-refractivity contribution in [3.63, 3.8) is 0 Å². The summed E-state index contributed by atoms with van der Waals surface area (Å²) in [5.41, 5.74) is 1.82. The molecule has 2 aliphatic heterocycles. The van der Waals surface area contributed by atoms with Gasteiger partial charge in [0, 0.05) is 23.6 Å². The molecule has 0 bridgehead atoms. The van der Waals surface area contributed by atoms with Crippen LogP contribution in [0.15, 0.2) is 18.2 Å². The maximum atomic E-state index is 12.7. The van der Waals surface area contributed by atoms with Crippen LogP contribution in [0.4, 0.5) is 16.2 Å². The van der Waals surface area contributed by atoms with Crippen LogP contribution in [-0.2, 0) is 15.0 Å². The van der Waals surface area contributed by atoms with Crippen LogP contribution in [0.25, 0.3) is 0 Å². The number of imide groups is 1. The Morgan fingerprint density at radius 3 is 2.48 bits per heavy atom. The molecule has 6 nitrogen and oxygen atoms in total. The number of carbonyl (C=O) groups is 3. The number of carbonyl (C=O) groups excluding carboxylic acids is 3. The summed E-state index contributed by atoms with van der Waals surface area (Å²) < 4.78 is 0. The Kier molecular flexibility index (Phi) is 2.64. The molecule has 4 aliphatic rings. The molecule has 25 heavy (non-hydrogen) atoms. The molecule has 0 radical (unpaired) electrons. The summed E-state index contributed by atoms with van der Waals surface area (Å²) in [4.78, 5) is 40.7. The Hall–Kier alpha value is -2.37. The SMILES string of the molecule is CC1(C)NC(=O)N(c2ccc3c(c2)N(C(=O)C2CC2)CC32CC2)C1=O. The highest BCUT2D eigenvalue weighted by molar-refractivity contribution is 6.23. The van der Waals surface area contributed by atoms with E-state index >= 15 is 0 Å². The highest BCUT2D eigenvalue weighted by Gasteiger charge is 2.54. The van der Waals surface area contributed by atoms with E-state index in [1.54, 1.807) is 13.8 Å². The number of nitrogens with zero attached hydrogens (tertiary/aromatic N) is 2. The van der Waals surface area contributed by atoms with Gasteiger partial charge in [-0.1, -0.05) is 6.07 Å². The van der Waals surface area contributed by atoms with Crippen LogP contribution in [0, 0.1) is 5.92 Å². The van der Waals surface area contributed by atoms with Gasteiger partial charge >= 0.3 is 6.03 Å². The van der Waals surface area contributed by atoms with Gasteiger partial charge in [-0.25, -0.2) is 9.69 Å². The Balaban J connectivity index is 1.57. The molecular weight excluding hydrogens is 318 g/mol. The zero-order chi connectivity index (χ0) is 17.6. The summed E-state index contributed by atoms with van der Waals surface area (Å²) in [6.45, 7) is 4.14. The molecule has 2 aliphatic carbocycles. The van der Waals surface area contributed by atoms with E-state index in [1.807, 2.05) is 23.1 Å². The van der Waals surface area contributed by atoms with Crippen LogP contribution in [0.3, 0.4) is 0 Å². The predicted octanol–water partition coefficient (Wildman–Crippen LogP) is 2.31. The molecule has 4 amide bonds. The Morgan fingerprint density at radius 1 is 1.20 bits per heavy atom. The summed E-state index contributed by atoms with van der Waals surface area (Å²) in [5.74, 6) is 0.0809. The number of rotatable bonds is 2. The standard InChI is InChI=1S/C19H21N3O3/c1-18(2)16(24)22(17(25)20-18)12-5-6-13-14(9-12)21(10-19(13)7-8-19)15(23)11-3-4-11/h5-6,9,11H,3-4,7-8,10H2,1-2H3,(H,20,25). The number of hydrogen-bond acceptors (Lipinski definition) is 3. The lowest BCUT2D eigenvalue weighted by molar-refractivity contribution is -0.121. The molecule has 0 atom stereocenters. The van der Waals surface area contributed by atoms with Crippen molar-refractivity contribution in [1.29, 1.82) is 0 Å². The molecule has 2 heterocycles. The van der Waals surface area contributed by atoms with E-state index < -0.39 is 11.6 Å². The van der Waals surface area contributed by atoms with Gasteiger partial charge in [-0.3, -0.25) is 9.59 Å². The van der Waals surface area contributed by atoms with Crippen LogP contribution in [0.1, 0.15) is 45.1 Å². The summed E-state index contributed by atoms with van der Waals surface area (Å²) in [6.07, 6.45) is 4.14. The van der Waals surface area contributed by atoms with E-state index in [-0.39, 0.29) is 23.1 Å². The van der Waals surface area contributed by atoms with E-state index in [4.69, 9.17) is 0 Å². The molecule has 1 N–H and O–H groups in total. The first-order chi connectivity index (χ1) is 11.8. The average molecular weight is 339 g/mol. The third kappa shape index (κ3) is 2.00. The van der Waals surface area contributed by atoms with Crippen molar-refractivity contribution in [1.82, 2.24) is 5.32 Å². The quantitative estimate of drug-likeness (QED) is 0.841. The minimum atomic E-state index is -0.905. The van der Waals surface area contributed by atoms with Crippen LogP contribution < -0.4 is 15.1 Å². The molecule has 5 rings (SSSR count). The molecule has 0 unspecified atom stereocenters. The molecule has 130 valence electrons. The van der Waals surface area contributed by atoms with Gasteiger partial charge in [-0.05, 0) is 57.2 Å². The van der Waals surface area contributed by atoms with Crippen molar-refractivity contribution in [3.8, 4) is 0 Å². The maximum Gasteiger partial charge on any atom is 0.329 e. The second-order valence-corrected chi connectivity index (χ2v) is 8.38. The van der Waals surface area contributed by atoms with Gasteiger partial charge in [0.1, 0.15) is 5.54 Å². The van der Waals surface area contributed by atoms with Crippen molar-refractivity contribution < 1.29 is 14.4 Å². The first-order valence-corrected chi connectivity index (χ1v) is 8.95. The van der Waals surface area contributed by atoms with Gasteiger partial charge in [0.25, 0.3) is 5.91 Å². The summed E-state index contributed by atoms with van der Waals surface area (Å²) in [5, 5.41) is 2.71. The zero-order valence-corrected chi connectivity index (χ0v) is 14.5. The number of benzene rings is 1. The first-order valence-electron chi connectivity index (χ1n) is 8.95. The van der Waals surface area contributed by atoms with Crippen molar-refractivity contribution in [2.45, 2.75) is 50.5 Å². The third-order valence-corrected chi connectivity index (χ3v) is 5.97. The molecule has 6 heteroatoms. The van der Waals surface area contributed by atoms with E-state index in [1.165, 1.54) is 10.5 Å². The molecule has 0 aromatic heterocycles. The number of fused-ring (bicyclic) bond motifs is 2. The maximum absolute atomic E-state index is 12.7. The molecule has 1 spiro atoms. The molecule has 1 saturated heterocycles. The summed E-state index contributed by atoms with van der Waals surface area (Å²) in [6, 6.07) is 5.28. The van der Waals surface area contributed by atoms with Crippen molar-refractivity contribution in [3.05, 3.63) is 23.8 Å². The largest absolute Gasteiger partial charge is 0.329 e. The highest BCUT2D eigenvalue weighted by atomic mass is 16.2. The van der Waals surface area contributed by atoms with Crippen molar-refractivity contribution in [2.75, 3.05) is 16.3 Å². The van der Waals surface area contributed by atoms with Crippen molar-refractivity contribution >= 4 is 29.2 Å². The van der Waals surface area contributed by atoms with E-state index in [2.05, 4.69) is 5.32 Å². The van der Waals surface area contributed by atoms with Gasteiger partial charge in [-0.15, -0.1) is 0 Å². The predicted molar refractivity (Wildman–Crippen MR) is 92.5 cm³/mol. The Bertz CT molecular complexity index is 836. The topological polar surface area (TPSA) is 69.7 Å². The molecule has 1 aromatic carbocycles. The first kappa shape index (κ1) is 14.9. The lowest BCUT2D eigenvalue weighted by Crippen LogP contribution is -2.40. The fraction of sp³-hybridized carbons (Fsp3) is 0.526. The number of nitrogens with one attached hydrogen (secondary N) is 1. The van der Waals surface area contributed by atoms with Gasteiger partial charge in [0.2, 0.25) is 5.91 Å². The van der Waals surface area contributed by atoms with Gasteiger partial charge in [-0.2, -0.15) is 0 Å². The van der Waals surface area contributed by atoms with Crippen LogP contribution >= 0.6 is 0 Å².